The fourth-order valence-corrected chi connectivity index (χ4v) is 3.47. The van der Waals surface area contributed by atoms with Gasteiger partial charge in [-0.1, -0.05) is 24.3 Å². The monoisotopic (exact) mass is 404 g/mol. The van der Waals surface area contributed by atoms with Gasteiger partial charge in [0.05, 0.1) is 12.2 Å². The average molecular weight is 404 g/mol. The highest BCUT2D eigenvalue weighted by Crippen LogP contribution is 2.20. The molecule has 0 saturated carbocycles. The maximum Gasteiger partial charge on any atom is 0.321 e. The molecule has 2 aromatic heterocycles. The topological polar surface area (TPSA) is 92.2 Å². The number of nitrogens with one attached hydrogen (secondary N) is 2. The Labute approximate surface area is 174 Å². The van der Waals surface area contributed by atoms with Crippen LogP contribution in [0.1, 0.15) is 18.5 Å². The number of pyridine rings is 1. The van der Waals surface area contributed by atoms with Crippen molar-refractivity contribution in [1.82, 2.24) is 19.7 Å². The quantitative estimate of drug-likeness (QED) is 0.683. The van der Waals surface area contributed by atoms with E-state index >= 15 is 0 Å². The molecule has 30 heavy (non-hydrogen) atoms. The molecule has 8 heteroatoms. The molecule has 0 aliphatic carbocycles. The minimum Gasteiger partial charge on any atom is -0.324 e. The minimum atomic E-state index is -0.133. The van der Waals surface area contributed by atoms with Gasteiger partial charge in [0.1, 0.15) is 0 Å². The van der Waals surface area contributed by atoms with E-state index in [2.05, 4.69) is 20.7 Å². The SMILES string of the molecule is O=C(Nc1ccn(Cc2ccccn2)n1)C1CCN(C(=O)Nc2ccccc2)CC1. The molecule has 2 N–H and O–H groups in total. The Morgan fingerprint density at radius 2 is 1.73 bits per heavy atom. The number of anilines is 2. The van der Waals surface area contributed by atoms with Crippen molar-refractivity contribution in [2.45, 2.75) is 19.4 Å². The predicted octanol–water partition coefficient (Wildman–Crippen LogP) is 3.21. The van der Waals surface area contributed by atoms with Gasteiger partial charge in [0.15, 0.2) is 5.82 Å². The van der Waals surface area contributed by atoms with E-state index in [4.69, 9.17) is 0 Å². The van der Waals surface area contributed by atoms with E-state index in [0.29, 0.717) is 38.3 Å². The molecular weight excluding hydrogens is 380 g/mol. The summed E-state index contributed by atoms with van der Waals surface area (Å²) >= 11 is 0. The first-order chi connectivity index (χ1) is 14.7. The van der Waals surface area contributed by atoms with Crippen molar-refractivity contribution in [2.24, 2.45) is 5.92 Å². The van der Waals surface area contributed by atoms with Crippen LogP contribution >= 0.6 is 0 Å². The lowest BCUT2D eigenvalue weighted by Gasteiger charge is -2.31. The number of amides is 3. The molecule has 154 valence electrons. The van der Waals surface area contributed by atoms with Crippen molar-refractivity contribution in [1.29, 1.82) is 0 Å². The molecule has 3 aromatic rings. The molecule has 0 spiro atoms. The minimum absolute atomic E-state index is 0.0544. The number of nitrogens with zero attached hydrogens (tertiary/aromatic N) is 4. The highest BCUT2D eigenvalue weighted by atomic mass is 16.2. The summed E-state index contributed by atoms with van der Waals surface area (Å²) in [6.07, 6.45) is 4.82. The number of aromatic nitrogens is 3. The van der Waals surface area contributed by atoms with E-state index in [0.717, 1.165) is 11.4 Å². The Hall–Kier alpha value is -3.68. The van der Waals surface area contributed by atoms with Gasteiger partial charge in [-0.15, -0.1) is 0 Å². The molecular formula is C22H24N6O2. The van der Waals surface area contributed by atoms with E-state index in [1.807, 2.05) is 54.7 Å². The molecule has 0 atom stereocenters. The van der Waals surface area contributed by atoms with Crippen molar-refractivity contribution in [3.8, 4) is 0 Å². The molecule has 4 rings (SSSR count). The second-order valence-electron chi connectivity index (χ2n) is 7.27. The lowest BCUT2D eigenvalue weighted by molar-refractivity contribution is -0.121. The average Bonchev–Trinajstić information content (AvgIpc) is 3.22. The van der Waals surface area contributed by atoms with Gasteiger partial charge in [-0.2, -0.15) is 5.10 Å². The molecule has 1 aromatic carbocycles. The highest BCUT2D eigenvalue weighted by molar-refractivity contribution is 5.92. The third-order valence-corrected chi connectivity index (χ3v) is 5.12. The van der Waals surface area contributed by atoms with Crippen molar-refractivity contribution in [3.63, 3.8) is 0 Å². The zero-order valence-electron chi connectivity index (χ0n) is 16.6. The zero-order chi connectivity index (χ0) is 20.8. The lowest BCUT2D eigenvalue weighted by Crippen LogP contribution is -2.43. The lowest BCUT2D eigenvalue weighted by atomic mass is 9.96. The molecule has 8 nitrogen and oxygen atoms in total. The normalized spacial score (nSPS) is 14.3. The van der Waals surface area contributed by atoms with Crippen LogP contribution in [-0.2, 0) is 11.3 Å². The van der Waals surface area contributed by atoms with E-state index in [9.17, 15) is 9.59 Å². The van der Waals surface area contributed by atoms with Crippen molar-refractivity contribution < 1.29 is 9.59 Å². The first kappa shape index (κ1) is 19.6. The number of likely N-dealkylation sites (tertiary alicyclic amines) is 1. The number of urea groups is 1. The van der Waals surface area contributed by atoms with Crippen LogP contribution in [0.15, 0.2) is 67.0 Å². The fourth-order valence-electron chi connectivity index (χ4n) is 3.47. The van der Waals surface area contributed by atoms with Crippen molar-refractivity contribution >= 4 is 23.4 Å². The predicted molar refractivity (Wildman–Crippen MR) is 114 cm³/mol. The van der Waals surface area contributed by atoms with Crippen LogP contribution in [0.25, 0.3) is 0 Å². The van der Waals surface area contributed by atoms with E-state index in [1.165, 1.54) is 0 Å². The number of piperidine rings is 1. The first-order valence-corrected chi connectivity index (χ1v) is 10.0. The van der Waals surface area contributed by atoms with Crippen LogP contribution in [0, 0.1) is 5.92 Å². The molecule has 1 fully saturated rings. The van der Waals surface area contributed by atoms with Crippen LogP contribution in [0.3, 0.4) is 0 Å². The first-order valence-electron chi connectivity index (χ1n) is 10.0. The number of rotatable bonds is 5. The number of para-hydroxylation sites is 1. The van der Waals surface area contributed by atoms with Gasteiger partial charge in [-0.05, 0) is 37.1 Å². The maximum absolute atomic E-state index is 12.6. The Kier molecular flexibility index (Phi) is 6.03. The fraction of sp³-hybridized carbons (Fsp3) is 0.273. The summed E-state index contributed by atoms with van der Waals surface area (Å²) in [5.74, 6) is 0.341. The van der Waals surface area contributed by atoms with Gasteiger partial charge >= 0.3 is 6.03 Å². The van der Waals surface area contributed by atoms with Gasteiger partial charge in [-0.3, -0.25) is 14.5 Å². The van der Waals surface area contributed by atoms with Crippen molar-refractivity contribution in [2.75, 3.05) is 23.7 Å². The third kappa shape index (κ3) is 5.02. The number of hydrogen-bond acceptors (Lipinski definition) is 4. The molecule has 0 radical (unpaired) electrons. The summed E-state index contributed by atoms with van der Waals surface area (Å²) in [7, 11) is 0. The Bertz CT molecular complexity index is 981. The summed E-state index contributed by atoms with van der Waals surface area (Å²) in [5, 5.41) is 10.2. The number of hydrogen-bond donors (Lipinski definition) is 2. The van der Waals surface area contributed by atoms with Crippen LogP contribution in [0.2, 0.25) is 0 Å². The van der Waals surface area contributed by atoms with E-state index < -0.39 is 0 Å². The number of carbonyl (C=O) groups is 2. The second kappa shape index (κ2) is 9.21. The van der Waals surface area contributed by atoms with Crippen LogP contribution in [0.4, 0.5) is 16.3 Å². The maximum atomic E-state index is 12.6. The summed E-state index contributed by atoms with van der Waals surface area (Å²) < 4.78 is 1.74. The van der Waals surface area contributed by atoms with Crippen LogP contribution < -0.4 is 10.6 Å². The third-order valence-electron chi connectivity index (χ3n) is 5.12. The largest absolute Gasteiger partial charge is 0.324 e. The summed E-state index contributed by atoms with van der Waals surface area (Å²) in [6, 6.07) is 16.7. The Morgan fingerprint density at radius 3 is 2.47 bits per heavy atom. The van der Waals surface area contributed by atoms with E-state index in [1.54, 1.807) is 21.8 Å². The highest BCUT2D eigenvalue weighted by Gasteiger charge is 2.27. The molecule has 1 aliphatic rings. The Balaban J connectivity index is 1.25. The zero-order valence-corrected chi connectivity index (χ0v) is 16.6. The summed E-state index contributed by atoms with van der Waals surface area (Å²) in [4.78, 5) is 31.0. The van der Waals surface area contributed by atoms with Crippen molar-refractivity contribution in [3.05, 3.63) is 72.7 Å². The number of benzene rings is 1. The Morgan fingerprint density at radius 1 is 0.967 bits per heavy atom. The standard InChI is InChI=1S/C22H24N6O2/c29-21(25-20-11-15-28(26-20)16-19-8-4-5-12-23-19)17-9-13-27(14-10-17)22(30)24-18-6-2-1-3-7-18/h1-8,11-12,15,17H,9-10,13-14,16H2,(H,24,30)(H,25,26,29). The molecule has 1 aliphatic heterocycles. The van der Waals surface area contributed by atoms with Gasteiger partial charge in [0.25, 0.3) is 0 Å². The van der Waals surface area contributed by atoms with Gasteiger partial charge < -0.3 is 15.5 Å². The van der Waals surface area contributed by atoms with Crippen LogP contribution in [0.5, 0.6) is 0 Å². The summed E-state index contributed by atoms with van der Waals surface area (Å²) in [6.45, 7) is 1.64. The number of carbonyl (C=O) groups excluding carboxylic acids is 2. The van der Waals surface area contributed by atoms with E-state index in [-0.39, 0.29) is 17.9 Å². The summed E-state index contributed by atoms with van der Waals surface area (Å²) in [5.41, 5.74) is 1.67. The van der Waals surface area contributed by atoms with Gasteiger partial charge in [0.2, 0.25) is 5.91 Å². The molecule has 0 bridgehead atoms. The van der Waals surface area contributed by atoms with Gasteiger partial charge in [0, 0.05) is 43.2 Å². The molecule has 3 amide bonds. The molecule has 1 saturated heterocycles. The molecule has 3 heterocycles. The second-order valence-corrected chi connectivity index (χ2v) is 7.27. The molecule has 0 unspecified atom stereocenters. The smallest absolute Gasteiger partial charge is 0.321 e. The van der Waals surface area contributed by atoms with Gasteiger partial charge in [-0.25, -0.2) is 4.79 Å². The van der Waals surface area contributed by atoms with Crippen LogP contribution in [-0.4, -0.2) is 44.7 Å².